The van der Waals surface area contributed by atoms with Crippen molar-refractivity contribution in [3.63, 3.8) is 0 Å². The molecule has 2 heterocycles. The van der Waals surface area contributed by atoms with Crippen LogP contribution < -0.4 is 14.2 Å². The number of thiophene rings is 1. The molecule has 2 aromatic carbocycles. The van der Waals surface area contributed by atoms with Gasteiger partial charge in [0.05, 0.1) is 43.5 Å². The number of amides is 1. The van der Waals surface area contributed by atoms with Crippen LogP contribution in [0.25, 0.3) is 0 Å². The number of ether oxygens (including phenoxy) is 4. The SMILES string of the molecule is COc1ccc(C(=O)OCC(=O)N2N=C(c3cccs3)CC2c2ccc(OC)c(OC)c2)cc1. The maximum Gasteiger partial charge on any atom is 0.338 e. The molecule has 1 amide bonds. The standard InChI is InChI=1S/C25H24N2O6S/c1-30-18-9-6-16(7-10-18)25(29)33-15-24(28)27-20(14-19(26-27)23-5-4-12-34-23)17-8-11-21(31-2)22(13-17)32-3/h4-13,20H,14-15H2,1-3H3. The van der Waals surface area contributed by atoms with Crippen molar-refractivity contribution in [2.24, 2.45) is 5.10 Å². The highest BCUT2D eigenvalue weighted by atomic mass is 32.1. The van der Waals surface area contributed by atoms with Crippen molar-refractivity contribution in [2.75, 3.05) is 27.9 Å². The fourth-order valence-electron chi connectivity index (χ4n) is 3.66. The van der Waals surface area contributed by atoms with Gasteiger partial charge in [-0.1, -0.05) is 12.1 Å². The van der Waals surface area contributed by atoms with Crippen molar-refractivity contribution in [2.45, 2.75) is 12.5 Å². The van der Waals surface area contributed by atoms with Gasteiger partial charge in [-0.25, -0.2) is 9.80 Å². The molecule has 1 aromatic heterocycles. The molecule has 0 saturated heterocycles. The minimum atomic E-state index is -0.597. The molecular formula is C25H24N2O6S. The number of benzene rings is 2. The predicted molar refractivity (Wildman–Crippen MR) is 128 cm³/mol. The number of carbonyl (C=O) groups is 2. The van der Waals surface area contributed by atoms with Gasteiger partial charge in [0.1, 0.15) is 5.75 Å². The van der Waals surface area contributed by atoms with Gasteiger partial charge in [-0.3, -0.25) is 4.79 Å². The summed E-state index contributed by atoms with van der Waals surface area (Å²) in [6.07, 6.45) is 0.522. The van der Waals surface area contributed by atoms with Crippen molar-refractivity contribution in [1.82, 2.24) is 5.01 Å². The van der Waals surface area contributed by atoms with E-state index in [0.29, 0.717) is 29.2 Å². The molecule has 3 aromatic rings. The third-order valence-electron chi connectivity index (χ3n) is 5.42. The Balaban J connectivity index is 1.54. The first-order chi connectivity index (χ1) is 16.5. The Morgan fingerprint density at radius 2 is 1.76 bits per heavy atom. The highest BCUT2D eigenvalue weighted by molar-refractivity contribution is 7.12. The molecule has 4 rings (SSSR count). The van der Waals surface area contributed by atoms with Crippen molar-refractivity contribution in [1.29, 1.82) is 0 Å². The van der Waals surface area contributed by atoms with E-state index in [0.717, 1.165) is 16.2 Å². The van der Waals surface area contributed by atoms with Crippen molar-refractivity contribution in [3.05, 3.63) is 76.0 Å². The zero-order valence-electron chi connectivity index (χ0n) is 19.0. The van der Waals surface area contributed by atoms with Crippen LogP contribution in [-0.2, 0) is 9.53 Å². The second kappa shape index (κ2) is 10.4. The summed E-state index contributed by atoms with van der Waals surface area (Å²) in [7, 11) is 4.67. The Morgan fingerprint density at radius 3 is 2.41 bits per heavy atom. The zero-order chi connectivity index (χ0) is 24.1. The molecule has 176 valence electrons. The van der Waals surface area contributed by atoms with E-state index >= 15 is 0 Å². The number of esters is 1. The molecule has 1 aliphatic rings. The number of rotatable bonds is 8. The summed E-state index contributed by atoms with van der Waals surface area (Å²) >= 11 is 1.55. The highest BCUT2D eigenvalue weighted by Crippen LogP contribution is 2.37. The number of hydrogen-bond acceptors (Lipinski definition) is 8. The summed E-state index contributed by atoms with van der Waals surface area (Å²) < 4.78 is 21.1. The minimum absolute atomic E-state index is 0.328. The van der Waals surface area contributed by atoms with Gasteiger partial charge in [-0.15, -0.1) is 11.3 Å². The lowest BCUT2D eigenvalue weighted by Crippen LogP contribution is -2.31. The van der Waals surface area contributed by atoms with E-state index in [1.807, 2.05) is 29.6 Å². The molecule has 34 heavy (non-hydrogen) atoms. The quantitative estimate of drug-likeness (QED) is 0.447. The fraction of sp³-hybridized carbons (Fsp3) is 0.240. The molecule has 1 aliphatic heterocycles. The van der Waals surface area contributed by atoms with E-state index in [1.54, 1.807) is 63.0 Å². The molecule has 0 bridgehead atoms. The van der Waals surface area contributed by atoms with Crippen LogP contribution >= 0.6 is 11.3 Å². The first-order valence-corrected chi connectivity index (χ1v) is 11.4. The summed E-state index contributed by atoms with van der Waals surface area (Å²) in [4.78, 5) is 26.5. The molecule has 0 spiro atoms. The van der Waals surface area contributed by atoms with Crippen LogP contribution in [0, 0.1) is 0 Å². The van der Waals surface area contributed by atoms with Crippen LogP contribution in [0.1, 0.15) is 33.3 Å². The van der Waals surface area contributed by atoms with E-state index in [1.165, 1.54) is 5.01 Å². The normalized spacial score (nSPS) is 15.0. The average molecular weight is 481 g/mol. The van der Waals surface area contributed by atoms with Crippen LogP contribution in [0.2, 0.25) is 0 Å². The molecule has 1 unspecified atom stereocenters. The van der Waals surface area contributed by atoms with Crippen LogP contribution in [-0.4, -0.2) is 50.5 Å². The molecule has 0 aliphatic carbocycles. The summed E-state index contributed by atoms with van der Waals surface area (Å²) in [6.45, 7) is -0.435. The topological polar surface area (TPSA) is 86.7 Å². The van der Waals surface area contributed by atoms with Crippen LogP contribution in [0.5, 0.6) is 17.2 Å². The first-order valence-electron chi connectivity index (χ1n) is 10.5. The number of methoxy groups -OCH3 is 3. The second-order valence-electron chi connectivity index (χ2n) is 7.40. The average Bonchev–Trinajstić information content (AvgIpc) is 3.57. The smallest absolute Gasteiger partial charge is 0.338 e. The molecule has 8 nitrogen and oxygen atoms in total. The van der Waals surface area contributed by atoms with Gasteiger partial charge in [0.2, 0.25) is 0 Å². The Morgan fingerprint density at radius 1 is 1.00 bits per heavy atom. The summed E-state index contributed by atoms with van der Waals surface area (Å²) in [6, 6.07) is 15.5. The molecule has 0 fully saturated rings. The van der Waals surface area contributed by atoms with Gasteiger partial charge >= 0.3 is 5.97 Å². The van der Waals surface area contributed by atoms with E-state index in [-0.39, 0.29) is 6.04 Å². The van der Waals surface area contributed by atoms with Gasteiger partial charge in [0.15, 0.2) is 18.1 Å². The summed E-state index contributed by atoms with van der Waals surface area (Å²) in [5, 5.41) is 7.94. The largest absolute Gasteiger partial charge is 0.497 e. The predicted octanol–water partition coefficient (Wildman–Crippen LogP) is 4.31. The van der Waals surface area contributed by atoms with Gasteiger partial charge < -0.3 is 18.9 Å². The maximum atomic E-state index is 13.1. The first kappa shape index (κ1) is 23.3. The third-order valence-corrected chi connectivity index (χ3v) is 6.34. The Labute approximate surface area is 201 Å². The molecule has 9 heteroatoms. The van der Waals surface area contributed by atoms with E-state index in [4.69, 9.17) is 18.9 Å². The zero-order valence-corrected chi connectivity index (χ0v) is 19.8. The number of carbonyl (C=O) groups excluding carboxylic acids is 2. The molecule has 0 radical (unpaired) electrons. The van der Waals surface area contributed by atoms with E-state index in [2.05, 4.69) is 5.10 Å². The van der Waals surface area contributed by atoms with Gasteiger partial charge in [-0.05, 0) is 53.4 Å². The van der Waals surface area contributed by atoms with Gasteiger partial charge in [0, 0.05) is 6.42 Å². The highest BCUT2D eigenvalue weighted by Gasteiger charge is 2.34. The van der Waals surface area contributed by atoms with Crippen molar-refractivity contribution in [3.8, 4) is 17.2 Å². The van der Waals surface area contributed by atoms with Crippen LogP contribution in [0.15, 0.2) is 65.1 Å². The molecule has 0 saturated carbocycles. The lowest BCUT2D eigenvalue weighted by molar-refractivity contribution is -0.136. The molecule has 0 N–H and O–H groups in total. The molecular weight excluding hydrogens is 456 g/mol. The van der Waals surface area contributed by atoms with Gasteiger partial charge in [-0.2, -0.15) is 5.10 Å². The lowest BCUT2D eigenvalue weighted by atomic mass is 10.0. The monoisotopic (exact) mass is 480 g/mol. The second-order valence-corrected chi connectivity index (χ2v) is 8.35. The number of hydrazone groups is 1. The van der Waals surface area contributed by atoms with Crippen LogP contribution in [0.4, 0.5) is 0 Å². The minimum Gasteiger partial charge on any atom is -0.497 e. The Kier molecular flexibility index (Phi) is 7.12. The maximum absolute atomic E-state index is 13.1. The Hall–Kier alpha value is -3.85. The summed E-state index contributed by atoms with van der Waals surface area (Å²) in [5.41, 5.74) is 1.96. The van der Waals surface area contributed by atoms with Gasteiger partial charge in [0.25, 0.3) is 5.91 Å². The summed E-state index contributed by atoms with van der Waals surface area (Å²) in [5.74, 6) is 0.754. The van der Waals surface area contributed by atoms with Crippen molar-refractivity contribution >= 4 is 28.9 Å². The van der Waals surface area contributed by atoms with Crippen molar-refractivity contribution < 1.29 is 28.5 Å². The van der Waals surface area contributed by atoms with E-state index < -0.39 is 18.5 Å². The number of nitrogens with zero attached hydrogens (tertiary/aromatic N) is 2. The van der Waals surface area contributed by atoms with E-state index in [9.17, 15) is 9.59 Å². The molecule has 1 atom stereocenters. The third kappa shape index (κ3) is 4.89. The lowest BCUT2D eigenvalue weighted by Gasteiger charge is -2.22. The Bertz CT molecular complexity index is 1190. The van der Waals surface area contributed by atoms with Crippen LogP contribution in [0.3, 0.4) is 0 Å². The fourth-order valence-corrected chi connectivity index (χ4v) is 4.38. The number of hydrogen-bond donors (Lipinski definition) is 0.